The summed E-state index contributed by atoms with van der Waals surface area (Å²) in [5.74, 6) is -0.0162. The van der Waals surface area contributed by atoms with Gasteiger partial charge in [0, 0.05) is 15.6 Å². The Morgan fingerprint density at radius 3 is 2.54 bits per heavy atom. The third-order valence-corrected chi connectivity index (χ3v) is 6.76. The summed E-state index contributed by atoms with van der Waals surface area (Å²) in [6.45, 7) is 4.03. The van der Waals surface area contributed by atoms with Gasteiger partial charge in [-0.2, -0.15) is 5.26 Å². The average Bonchev–Trinajstić information content (AvgIpc) is 2.81. The summed E-state index contributed by atoms with van der Waals surface area (Å²) in [5.41, 5.74) is 2.40. The van der Waals surface area contributed by atoms with E-state index in [4.69, 9.17) is 51.1 Å². The first-order chi connectivity index (χ1) is 16.7. The molecular weight excluding hydrogens is 594 g/mol. The normalized spacial score (nSPS) is 11.0. The summed E-state index contributed by atoms with van der Waals surface area (Å²) in [7, 11) is 0. The van der Waals surface area contributed by atoms with E-state index >= 15 is 0 Å². The highest BCUT2D eigenvalue weighted by atomic mass is 79.9. The molecule has 0 aliphatic carbocycles. The second kappa shape index (κ2) is 12.5. The monoisotopic (exact) mass is 608 g/mol. The molecule has 3 aromatic rings. The topological polar surface area (TPSA) is 62.1 Å². The van der Waals surface area contributed by atoms with Crippen LogP contribution >= 0.6 is 62.3 Å². The zero-order valence-corrected chi connectivity index (χ0v) is 22.7. The molecule has 9 heteroatoms. The smallest absolute Gasteiger partial charge is 0.266 e. The number of carbonyl (C=O) groups excluding carboxylic acids is 1. The Labute approximate surface area is 231 Å². The van der Waals surface area contributed by atoms with Crippen molar-refractivity contribution in [3.63, 3.8) is 0 Å². The van der Waals surface area contributed by atoms with Crippen LogP contribution in [0.2, 0.25) is 20.1 Å². The van der Waals surface area contributed by atoms with Gasteiger partial charge in [-0.05, 0) is 76.0 Å². The maximum atomic E-state index is 12.7. The summed E-state index contributed by atoms with van der Waals surface area (Å²) < 4.78 is 6.69. The number of amides is 1. The predicted molar refractivity (Wildman–Crippen MR) is 148 cm³/mol. The molecule has 0 saturated heterocycles. The molecule has 0 aliphatic rings. The number of carbonyl (C=O) groups is 1. The molecule has 1 N–H and O–H groups in total. The number of nitriles is 1. The molecule has 3 rings (SSSR count). The lowest BCUT2D eigenvalue weighted by Gasteiger charge is -2.15. The van der Waals surface area contributed by atoms with Crippen molar-refractivity contribution in [1.29, 1.82) is 5.26 Å². The van der Waals surface area contributed by atoms with E-state index in [2.05, 4.69) is 27.8 Å². The van der Waals surface area contributed by atoms with Crippen molar-refractivity contribution in [3.05, 3.63) is 108 Å². The Morgan fingerprint density at radius 2 is 1.86 bits per heavy atom. The summed E-state index contributed by atoms with van der Waals surface area (Å²) in [6.07, 6.45) is 3.71. The lowest BCUT2D eigenvalue weighted by atomic mass is 10.0. The molecule has 0 heterocycles. The summed E-state index contributed by atoms with van der Waals surface area (Å²) >= 11 is 27.9. The minimum atomic E-state index is -0.615. The molecule has 0 aliphatic heterocycles. The molecule has 0 unspecified atom stereocenters. The van der Waals surface area contributed by atoms with E-state index in [9.17, 15) is 10.1 Å². The predicted octanol–water partition coefficient (Wildman–Crippen LogP) is 8.92. The average molecular weight is 611 g/mol. The molecule has 35 heavy (non-hydrogen) atoms. The van der Waals surface area contributed by atoms with Crippen molar-refractivity contribution >= 4 is 80.0 Å². The Kier molecular flexibility index (Phi) is 9.68. The van der Waals surface area contributed by atoms with Crippen LogP contribution in [-0.4, -0.2) is 5.91 Å². The minimum Gasteiger partial charge on any atom is -0.487 e. The van der Waals surface area contributed by atoms with Gasteiger partial charge in [-0.15, -0.1) is 6.58 Å². The number of allylic oxidation sites excluding steroid dienone is 1. The zero-order valence-electron chi connectivity index (χ0n) is 18.0. The molecule has 0 aromatic heterocycles. The fourth-order valence-corrected chi connectivity index (χ4v) is 4.56. The third-order valence-electron chi connectivity index (χ3n) is 4.77. The largest absolute Gasteiger partial charge is 0.487 e. The number of benzene rings is 3. The first-order valence-corrected chi connectivity index (χ1v) is 12.4. The molecule has 4 nitrogen and oxygen atoms in total. The van der Waals surface area contributed by atoms with Gasteiger partial charge in [0.05, 0.1) is 20.2 Å². The molecule has 0 bridgehead atoms. The summed E-state index contributed by atoms with van der Waals surface area (Å²) in [5, 5.41) is 13.7. The van der Waals surface area contributed by atoms with Gasteiger partial charge >= 0.3 is 0 Å². The highest BCUT2D eigenvalue weighted by molar-refractivity contribution is 9.10. The maximum Gasteiger partial charge on any atom is 0.266 e. The van der Waals surface area contributed by atoms with Crippen molar-refractivity contribution in [2.24, 2.45) is 0 Å². The van der Waals surface area contributed by atoms with Crippen molar-refractivity contribution in [2.45, 2.75) is 13.0 Å². The molecule has 0 saturated carbocycles. The number of anilines is 1. The molecule has 178 valence electrons. The number of hydrogen-bond donors (Lipinski definition) is 1. The quantitative estimate of drug-likeness (QED) is 0.157. The summed E-state index contributed by atoms with van der Waals surface area (Å²) in [4.78, 5) is 12.7. The van der Waals surface area contributed by atoms with E-state index < -0.39 is 5.91 Å². The highest BCUT2D eigenvalue weighted by Crippen LogP contribution is 2.34. The Balaban J connectivity index is 1.88. The second-order valence-electron chi connectivity index (χ2n) is 7.23. The standard InChI is InChI=1S/C26H17BrCl4N2O2/c1-2-4-16-9-15(10-18(13-32)26(34)33-23-6-3-5-21(29)24(23)31)11-20(27)25(16)35-14-17-7-8-19(28)12-22(17)30/h2-3,5-12H,1,4,14H2,(H,33,34)/b18-10-. The van der Waals surface area contributed by atoms with E-state index in [0.29, 0.717) is 43.0 Å². The van der Waals surface area contributed by atoms with E-state index in [0.717, 1.165) is 11.1 Å². The van der Waals surface area contributed by atoms with Crippen molar-refractivity contribution in [3.8, 4) is 11.8 Å². The molecule has 0 radical (unpaired) electrons. The lowest BCUT2D eigenvalue weighted by Crippen LogP contribution is -2.13. The highest BCUT2D eigenvalue weighted by Gasteiger charge is 2.15. The third kappa shape index (κ3) is 7.04. The number of halogens is 5. The van der Waals surface area contributed by atoms with Gasteiger partial charge < -0.3 is 10.1 Å². The van der Waals surface area contributed by atoms with E-state index in [1.54, 1.807) is 48.5 Å². The second-order valence-corrected chi connectivity index (χ2v) is 9.72. The van der Waals surface area contributed by atoms with Crippen LogP contribution in [0.1, 0.15) is 16.7 Å². The Hall–Kier alpha value is -2.46. The van der Waals surface area contributed by atoms with Crippen LogP contribution in [-0.2, 0) is 17.8 Å². The molecular formula is C26H17BrCl4N2O2. The number of nitrogens with one attached hydrogen (secondary N) is 1. The van der Waals surface area contributed by atoms with Crippen LogP contribution in [0.25, 0.3) is 6.08 Å². The molecule has 1 amide bonds. The first kappa shape index (κ1) is 27.1. The van der Waals surface area contributed by atoms with Crippen LogP contribution in [0.3, 0.4) is 0 Å². The van der Waals surface area contributed by atoms with Gasteiger partial charge in [0.1, 0.15) is 24.0 Å². The van der Waals surface area contributed by atoms with Crippen molar-refractivity contribution < 1.29 is 9.53 Å². The first-order valence-electron chi connectivity index (χ1n) is 10.1. The van der Waals surface area contributed by atoms with Crippen LogP contribution in [0.4, 0.5) is 5.69 Å². The number of nitrogens with zero attached hydrogens (tertiary/aromatic N) is 1. The van der Waals surface area contributed by atoms with Gasteiger partial charge in [-0.1, -0.05) is 64.6 Å². The lowest BCUT2D eigenvalue weighted by molar-refractivity contribution is -0.112. The maximum absolute atomic E-state index is 12.7. The fourth-order valence-electron chi connectivity index (χ4n) is 3.12. The molecule has 0 atom stereocenters. The Morgan fingerprint density at radius 1 is 1.09 bits per heavy atom. The summed E-state index contributed by atoms with van der Waals surface area (Å²) in [6, 6.07) is 15.5. The van der Waals surface area contributed by atoms with Crippen molar-refractivity contribution in [1.82, 2.24) is 0 Å². The van der Waals surface area contributed by atoms with Crippen LogP contribution in [0.5, 0.6) is 5.75 Å². The van der Waals surface area contributed by atoms with Crippen LogP contribution in [0.15, 0.2) is 71.2 Å². The fraction of sp³-hybridized carbons (Fsp3) is 0.0769. The molecule has 3 aromatic carbocycles. The molecule has 0 spiro atoms. The number of ether oxygens (including phenoxy) is 1. The van der Waals surface area contributed by atoms with E-state index in [1.165, 1.54) is 6.08 Å². The van der Waals surface area contributed by atoms with E-state index in [-0.39, 0.29) is 17.2 Å². The zero-order chi connectivity index (χ0) is 25.5. The van der Waals surface area contributed by atoms with Gasteiger partial charge in [0.25, 0.3) is 5.91 Å². The Bertz CT molecular complexity index is 1370. The van der Waals surface area contributed by atoms with Crippen molar-refractivity contribution in [2.75, 3.05) is 5.32 Å². The van der Waals surface area contributed by atoms with E-state index in [1.807, 2.05) is 12.1 Å². The van der Waals surface area contributed by atoms with Crippen LogP contribution < -0.4 is 10.1 Å². The number of hydrogen-bond acceptors (Lipinski definition) is 3. The van der Waals surface area contributed by atoms with Gasteiger partial charge in [-0.3, -0.25) is 4.79 Å². The van der Waals surface area contributed by atoms with Crippen LogP contribution in [0, 0.1) is 11.3 Å². The number of rotatable bonds is 8. The van der Waals surface area contributed by atoms with Gasteiger partial charge in [-0.25, -0.2) is 0 Å². The minimum absolute atomic E-state index is 0.112. The SMILES string of the molecule is C=CCc1cc(/C=C(/C#N)C(=O)Nc2cccc(Cl)c2Cl)cc(Br)c1OCc1ccc(Cl)cc1Cl. The van der Waals surface area contributed by atoms with Gasteiger partial charge in [0.2, 0.25) is 0 Å². The molecule has 0 fully saturated rings. The van der Waals surface area contributed by atoms with Gasteiger partial charge in [0.15, 0.2) is 0 Å².